The fourth-order valence-electron chi connectivity index (χ4n) is 1.32. The minimum absolute atomic E-state index is 0.425. The Balaban J connectivity index is 2.75. The highest BCUT2D eigenvalue weighted by atomic mass is 32.1. The summed E-state index contributed by atoms with van der Waals surface area (Å²) in [5.41, 5.74) is 1.96. The molecule has 0 atom stereocenters. The molecule has 0 aliphatic rings. The zero-order valence-electron chi connectivity index (χ0n) is 8.48. The van der Waals surface area contributed by atoms with Crippen molar-refractivity contribution in [2.75, 3.05) is 0 Å². The molecular weight excluding hydrogens is 164 g/mol. The summed E-state index contributed by atoms with van der Waals surface area (Å²) in [5, 5.41) is 2.21. The third-order valence-corrected chi connectivity index (χ3v) is 2.87. The molecule has 0 bridgehead atoms. The number of rotatable bonds is 2. The van der Waals surface area contributed by atoms with Crippen molar-refractivity contribution in [2.45, 2.75) is 40.5 Å². The molecular formula is C11H18S. The predicted octanol–water partition coefficient (Wildman–Crippen LogP) is 3.90. The largest absolute Gasteiger partial charge is 0.149 e. The summed E-state index contributed by atoms with van der Waals surface area (Å²) in [6, 6.07) is 2.26. The van der Waals surface area contributed by atoms with Crippen molar-refractivity contribution < 1.29 is 0 Å². The summed E-state index contributed by atoms with van der Waals surface area (Å²) < 4.78 is 0. The van der Waals surface area contributed by atoms with Gasteiger partial charge in [0.2, 0.25) is 0 Å². The van der Waals surface area contributed by atoms with Crippen LogP contribution in [0.25, 0.3) is 0 Å². The molecule has 0 amide bonds. The fourth-order valence-corrected chi connectivity index (χ4v) is 2.60. The van der Waals surface area contributed by atoms with E-state index in [1.165, 1.54) is 18.4 Å². The van der Waals surface area contributed by atoms with E-state index >= 15 is 0 Å². The third-order valence-electron chi connectivity index (χ3n) is 1.91. The Morgan fingerprint density at radius 3 is 2.50 bits per heavy atom. The Labute approximate surface area is 79.6 Å². The van der Waals surface area contributed by atoms with Crippen LogP contribution in [0, 0.1) is 5.41 Å². The van der Waals surface area contributed by atoms with E-state index in [2.05, 4.69) is 39.1 Å². The summed E-state index contributed by atoms with van der Waals surface area (Å²) in [5.74, 6) is 0. The molecule has 0 nitrogen and oxygen atoms in total. The van der Waals surface area contributed by atoms with Gasteiger partial charge < -0.3 is 0 Å². The molecule has 68 valence electrons. The van der Waals surface area contributed by atoms with E-state index in [4.69, 9.17) is 0 Å². The number of thiophene rings is 1. The molecule has 0 unspecified atom stereocenters. The molecule has 1 aromatic rings. The smallest absolute Gasteiger partial charge is 0.00823 e. The lowest BCUT2D eigenvalue weighted by molar-refractivity contribution is 0.413. The van der Waals surface area contributed by atoms with Gasteiger partial charge in [0.25, 0.3) is 0 Å². The first-order chi connectivity index (χ1) is 5.53. The third kappa shape index (κ3) is 2.63. The quantitative estimate of drug-likeness (QED) is 0.650. The molecule has 0 saturated heterocycles. The Hall–Kier alpha value is -0.300. The molecule has 0 saturated carbocycles. The van der Waals surface area contributed by atoms with Gasteiger partial charge in [0, 0.05) is 4.88 Å². The number of aryl methyl sites for hydroxylation is 1. The predicted molar refractivity (Wildman–Crippen MR) is 56.9 cm³/mol. The Kier molecular flexibility index (Phi) is 2.94. The van der Waals surface area contributed by atoms with Crippen molar-refractivity contribution in [3.63, 3.8) is 0 Å². The zero-order chi connectivity index (χ0) is 9.19. The van der Waals surface area contributed by atoms with Crippen LogP contribution in [0.4, 0.5) is 0 Å². The maximum Gasteiger partial charge on any atom is 0.00823 e. The van der Waals surface area contributed by atoms with E-state index < -0.39 is 0 Å². The monoisotopic (exact) mass is 182 g/mol. The maximum atomic E-state index is 2.30. The van der Waals surface area contributed by atoms with E-state index in [1.54, 1.807) is 4.88 Å². The topological polar surface area (TPSA) is 0 Å². The first-order valence-electron chi connectivity index (χ1n) is 4.58. The molecule has 0 aliphatic carbocycles. The lowest BCUT2D eigenvalue weighted by atomic mass is 9.90. The fraction of sp³-hybridized carbons (Fsp3) is 0.636. The first kappa shape index (κ1) is 9.79. The Bertz CT molecular complexity index is 240. The van der Waals surface area contributed by atoms with E-state index in [-0.39, 0.29) is 0 Å². The van der Waals surface area contributed by atoms with Crippen LogP contribution in [0.2, 0.25) is 0 Å². The molecule has 1 heteroatoms. The van der Waals surface area contributed by atoms with Gasteiger partial charge in [-0.15, -0.1) is 11.3 Å². The number of hydrogen-bond donors (Lipinski definition) is 0. The van der Waals surface area contributed by atoms with Crippen molar-refractivity contribution in [1.82, 2.24) is 0 Å². The van der Waals surface area contributed by atoms with Crippen molar-refractivity contribution in [3.8, 4) is 0 Å². The van der Waals surface area contributed by atoms with Gasteiger partial charge in [0.05, 0.1) is 0 Å². The molecule has 0 radical (unpaired) electrons. The molecule has 0 spiro atoms. The summed E-state index contributed by atoms with van der Waals surface area (Å²) in [6.45, 7) is 9.12. The van der Waals surface area contributed by atoms with Gasteiger partial charge in [-0.2, -0.15) is 0 Å². The summed E-state index contributed by atoms with van der Waals surface area (Å²) in [7, 11) is 0. The van der Waals surface area contributed by atoms with E-state index in [0.29, 0.717) is 5.41 Å². The lowest BCUT2D eigenvalue weighted by Gasteiger charge is -2.17. The highest BCUT2D eigenvalue weighted by Crippen LogP contribution is 2.27. The minimum Gasteiger partial charge on any atom is -0.149 e. The first-order valence-corrected chi connectivity index (χ1v) is 5.46. The average Bonchev–Trinajstić information content (AvgIpc) is 2.31. The second-order valence-corrected chi connectivity index (χ2v) is 5.46. The van der Waals surface area contributed by atoms with Crippen molar-refractivity contribution in [3.05, 3.63) is 21.9 Å². The molecule has 1 rings (SSSR count). The molecule has 1 heterocycles. The van der Waals surface area contributed by atoms with Crippen LogP contribution in [0.3, 0.4) is 0 Å². The summed E-state index contributed by atoms with van der Waals surface area (Å²) in [6.07, 6.45) is 2.39. The zero-order valence-corrected chi connectivity index (χ0v) is 9.29. The van der Waals surface area contributed by atoms with Crippen LogP contribution in [0.1, 0.15) is 38.1 Å². The minimum atomic E-state index is 0.425. The van der Waals surface area contributed by atoms with Gasteiger partial charge in [-0.05, 0) is 35.3 Å². The van der Waals surface area contributed by atoms with E-state index in [9.17, 15) is 0 Å². The van der Waals surface area contributed by atoms with Gasteiger partial charge in [-0.25, -0.2) is 0 Å². The molecule has 0 fully saturated rings. The van der Waals surface area contributed by atoms with Gasteiger partial charge in [-0.1, -0.05) is 27.7 Å². The average molecular weight is 182 g/mol. The van der Waals surface area contributed by atoms with Gasteiger partial charge in [0.1, 0.15) is 0 Å². The number of hydrogen-bond acceptors (Lipinski definition) is 1. The second-order valence-electron chi connectivity index (χ2n) is 4.46. The van der Waals surface area contributed by atoms with Crippen molar-refractivity contribution >= 4 is 11.3 Å². The summed E-state index contributed by atoms with van der Waals surface area (Å²) in [4.78, 5) is 1.57. The van der Waals surface area contributed by atoms with E-state index in [0.717, 1.165) is 0 Å². The highest BCUT2D eigenvalue weighted by molar-refractivity contribution is 7.10. The highest BCUT2D eigenvalue weighted by Gasteiger charge is 2.13. The van der Waals surface area contributed by atoms with Crippen molar-refractivity contribution in [1.29, 1.82) is 0 Å². The van der Waals surface area contributed by atoms with Gasteiger partial charge in [0.15, 0.2) is 0 Å². The van der Waals surface area contributed by atoms with Gasteiger partial charge in [-0.3, -0.25) is 0 Å². The standard InChI is InChI=1S/C11H18S/c1-5-9-6-7-12-10(9)8-11(2,3)4/h6-7H,5,8H2,1-4H3. The van der Waals surface area contributed by atoms with Crippen LogP contribution in [0.5, 0.6) is 0 Å². The molecule has 0 aliphatic heterocycles. The molecule has 0 N–H and O–H groups in total. The maximum absolute atomic E-state index is 2.30. The van der Waals surface area contributed by atoms with Gasteiger partial charge >= 0.3 is 0 Å². The second kappa shape index (κ2) is 3.61. The van der Waals surface area contributed by atoms with Crippen LogP contribution < -0.4 is 0 Å². The lowest BCUT2D eigenvalue weighted by Crippen LogP contribution is -2.08. The molecule has 12 heavy (non-hydrogen) atoms. The molecule has 1 aromatic heterocycles. The van der Waals surface area contributed by atoms with Crippen LogP contribution in [-0.2, 0) is 12.8 Å². The Morgan fingerprint density at radius 2 is 2.00 bits per heavy atom. The van der Waals surface area contributed by atoms with E-state index in [1.807, 2.05) is 11.3 Å². The normalized spacial score (nSPS) is 12.0. The SMILES string of the molecule is CCc1ccsc1CC(C)(C)C. The van der Waals surface area contributed by atoms with Crippen LogP contribution in [-0.4, -0.2) is 0 Å². The van der Waals surface area contributed by atoms with Crippen LogP contribution >= 0.6 is 11.3 Å². The Morgan fingerprint density at radius 1 is 1.33 bits per heavy atom. The van der Waals surface area contributed by atoms with Crippen molar-refractivity contribution in [2.24, 2.45) is 5.41 Å². The summed E-state index contributed by atoms with van der Waals surface area (Å²) >= 11 is 1.90. The van der Waals surface area contributed by atoms with Crippen LogP contribution in [0.15, 0.2) is 11.4 Å². The molecule has 0 aromatic carbocycles.